The zero-order valence-electron chi connectivity index (χ0n) is 16.2. The Morgan fingerprint density at radius 3 is 2.29 bits per heavy atom. The fourth-order valence-corrected chi connectivity index (χ4v) is 3.03. The van der Waals surface area contributed by atoms with Gasteiger partial charge in [0.05, 0.1) is 13.2 Å². The lowest BCUT2D eigenvalue weighted by atomic mass is 9.98. The molecule has 0 saturated heterocycles. The van der Waals surface area contributed by atoms with Crippen molar-refractivity contribution < 1.29 is 9.53 Å². The number of nitrogens with one attached hydrogen (secondary N) is 2. The first-order valence-corrected chi connectivity index (χ1v) is 9.51. The number of urea groups is 1. The van der Waals surface area contributed by atoms with Crippen LogP contribution in [-0.4, -0.2) is 19.7 Å². The normalized spacial score (nSPS) is 10.5. The van der Waals surface area contributed by atoms with Crippen molar-refractivity contribution in [1.82, 2.24) is 10.6 Å². The fraction of sp³-hybridized carbons (Fsp3) is 0.208. The molecule has 0 unspecified atom stereocenters. The minimum Gasteiger partial charge on any atom is -0.376 e. The van der Waals surface area contributed by atoms with Crippen LogP contribution in [-0.2, 0) is 24.3 Å². The van der Waals surface area contributed by atoms with Crippen molar-refractivity contribution in [2.45, 2.75) is 19.6 Å². The third kappa shape index (κ3) is 5.69. The number of carbonyl (C=O) groups is 1. The Kier molecular flexibility index (Phi) is 7.21. The molecule has 0 aromatic heterocycles. The van der Waals surface area contributed by atoms with Gasteiger partial charge in [0, 0.05) is 13.6 Å². The summed E-state index contributed by atoms with van der Waals surface area (Å²) >= 11 is 0. The molecule has 0 fully saturated rings. The second-order valence-corrected chi connectivity index (χ2v) is 6.57. The summed E-state index contributed by atoms with van der Waals surface area (Å²) in [6.45, 7) is 1.76. The Bertz CT molecular complexity index is 877. The Labute approximate surface area is 166 Å². The van der Waals surface area contributed by atoms with E-state index in [0.717, 1.165) is 17.5 Å². The van der Waals surface area contributed by atoms with E-state index >= 15 is 0 Å². The molecule has 0 aliphatic heterocycles. The van der Waals surface area contributed by atoms with Crippen molar-refractivity contribution in [3.05, 3.63) is 95.6 Å². The molecule has 0 bridgehead atoms. The first-order valence-electron chi connectivity index (χ1n) is 9.51. The Balaban J connectivity index is 1.48. The third-order valence-electron chi connectivity index (χ3n) is 4.59. The number of carbonyl (C=O) groups excluding carboxylic acids is 1. The van der Waals surface area contributed by atoms with Gasteiger partial charge in [0.15, 0.2) is 0 Å². The molecule has 144 valence electrons. The summed E-state index contributed by atoms with van der Waals surface area (Å²) in [6.07, 6.45) is 0.874. The monoisotopic (exact) mass is 374 g/mol. The summed E-state index contributed by atoms with van der Waals surface area (Å²) in [5.74, 6) is 0. The summed E-state index contributed by atoms with van der Waals surface area (Å²) in [5.41, 5.74) is 5.98. The molecule has 0 aliphatic rings. The molecule has 3 aromatic carbocycles. The highest BCUT2D eigenvalue weighted by molar-refractivity contribution is 5.73. The van der Waals surface area contributed by atoms with E-state index in [1.165, 1.54) is 16.7 Å². The van der Waals surface area contributed by atoms with Gasteiger partial charge in [-0.2, -0.15) is 0 Å². The van der Waals surface area contributed by atoms with Gasteiger partial charge in [-0.1, -0.05) is 78.9 Å². The molecule has 0 aliphatic carbocycles. The molecule has 4 nitrogen and oxygen atoms in total. The van der Waals surface area contributed by atoms with Crippen molar-refractivity contribution in [1.29, 1.82) is 0 Å². The Morgan fingerprint density at radius 2 is 1.54 bits per heavy atom. The highest BCUT2D eigenvalue weighted by Gasteiger charge is 2.04. The van der Waals surface area contributed by atoms with Gasteiger partial charge in [-0.15, -0.1) is 0 Å². The van der Waals surface area contributed by atoms with E-state index in [1.807, 2.05) is 30.3 Å². The average Bonchev–Trinajstić information content (AvgIpc) is 2.76. The van der Waals surface area contributed by atoms with Gasteiger partial charge >= 0.3 is 6.03 Å². The summed E-state index contributed by atoms with van der Waals surface area (Å²) in [7, 11) is 1.61. The smallest absolute Gasteiger partial charge is 0.314 e. The Hall–Kier alpha value is -3.11. The summed E-state index contributed by atoms with van der Waals surface area (Å²) in [6, 6.07) is 26.9. The van der Waals surface area contributed by atoms with E-state index in [9.17, 15) is 4.79 Å². The number of rotatable bonds is 8. The van der Waals surface area contributed by atoms with Crippen molar-refractivity contribution in [2.24, 2.45) is 0 Å². The van der Waals surface area contributed by atoms with Gasteiger partial charge in [0.1, 0.15) is 0 Å². The molecule has 4 heteroatoms. The van der Waals surface area contributed by atoms with Crippen LogP contribution in [0.25, 0.3) is 11.1 Å². The molecule has 3 rings (SSSR count). The maximum Gasteiger partial charge on any atom is 0.314 e. The van der Waals surface area contributed by atoms with Crippen LogP contribution in [0.5, 0.6) is 0 Å². The zero-order valence-corrected chi connectivity index (χ0v) is 16.2. The lowest BCUT2D eigenvalue weighted by Crippen LogP contribution is -2.32. The molecule has 0 atom stereocenters. The SMILES string of the molecule is CNC(=O)NCc1ccc(COCCc2ccccc2-c2ccccc2)cc1. The lowest BCUT2D eigenvalue weighted by Gasteiger charge is -2.11. The number of benzene rings is 3. The topological polar surface area (TPSA) is 50.4 Å². The molecule has 3 aromatic rings. The van der Waals surface area contributed by atoms with Crippen molar-refractivity contribution in [2.75, 3.05) is 13.7 Å². The minimum atomic E-state index is -0.178. The Morgan fingerprint density at radius 1 is 0.857 bits per heavy atom. The van der Waals surface area contributed by atoms with E-state index in [2.05, 4.69) is 59.2 Å². The largest absolute Gasteiger partial charge is 0.376 e. The molecule has 0 heterocycles. The number of amides is 2. The molecule has 0 spiro atoms. The van der Waals surface area contributed by atoms with E-state index in [4.69, 9.17) is 4.74 Å². The quantitative estimate of drug-likeness (QED) is 0.569. The maximum atomic E-state index is 11.2. The first-order chi connectivity index (χ1) is 13.8. The molecular weight excluding hydrogens is 348 g/mol. The van der Waals surface area contributed by atoms with Crippen molar-refractivity contribution in [3.63, 3.8) is 0 Å². The van der Waals surface area contributed by atoms with Crippen molar-refractivity contribution in [3.8, 4) is 11.1 Å². The van der Waals surface area contributed by atoms with Crippen LogP contribution in [0.2, 0.25) is 0 Å². The third-order valence-corrected chi connectivity index (χ3v) is 4.59. The van der Waals surface area contributed by atoms with E-state index in [1.54, 1.807) is 7.05 Å². The molecule has 2 N–H and O–H groups in total. The molecular formula is C24H26N2O2. The number of hydrogen-bond donors (Lipinski definition) is 2. The second kappa shape index (κ2) is 10.3. The van der Waals surface area contributed by atoms with Crippen LogP contribution in [0.15, 0.2) is 78.9 Å². The van der Waals surface area contributed by atoms with Crippen LogP contribution in [0.3, 0.4) is 0 Å². The van der Waals surface area contributed by atoms with Gasteiger partial charge in [-0.3, -0.25) is 0 Å². The van der Waals surface area contributed by atoms with Gasteiger partial charge < -0.3 is 15.4 Å². The lowest BCUT2D eigenvalue weighted by molar-refractivity contribution is 0.124. The van der Waals surface area contributed by atoms with Crippen LogP contribution >= 0.6 is 0 Å². The predicted molar refractivity (Wildman–Crippen MR) is 113 cm³/mol. The van der Waals surface area contributed by atoms with Crippen LogP contribution < -0.4 is 10.6 Å². The molecule has 0 radical (unpaired) electrons. The minimum absolute atomic E-state index is 0.178. The summed E-state index contributed by atoms with van der Waals surface area (Å²) in [4.78, 5) is 11.2. The van der Waals surface area contributed by atoms with Crippen LogP contribution in [0, 0.1) is 0 Å². The van der Waals surface area contributed by atoms with Crippen LogP contribution in [0.4, 0.5) is 4.79 Å². The predicted octanol–water partition coefficient (Wildman–Crippen LogP) is 4.54. The van der Waals surface area contributed by atoms with E-state index in [0.29, 0.717) is 19.8 Å². The standard InChI is InChI=1S/C24H26N2O2/c1-25-24(27)26-17-19-11-13-20(14-12-19)18-28-16-15-22-9-5-6-10-23(22)21-7-3-2-4-8-21/h2-14H,15-18H2,1H3,(H2,25,26,27). The zero-order chi connectivity index (χ0) is 19.6. The fourth-order valence-electron chi connectivity index (χ4n) is 3.03. The van der Waals surface area contributed by atoms with E-state index in [-0.39, 0.29) is 6.03 Å². The summed E-state index contributed by atoms with van der Waals surface area (Å²) in [5, 5.41) is 5.31. The highest BCUT2D eigenvalue weighted by atomic mass is 16.5. The molecule has 2 amide bonds. The van der Waals surface area contributed by atoms with Gasteiger partial charge in [-0.05, 0) is 34.2 Å². The van der Waals surface area contributed by atoms with Crippen molar-refractivity contribution >= 4 is 6.03 Å². The van der Waals surface area contributed by atoms with Crippen LogP contribution in [0.1, 0.15) is 16.7 Å². The average molecular weight is 374 g/mol. The number of ether oxygens (including phenoxy) is 1. The van der Waals surface area contributed by atoms with Gasteiger partial charge in [-0.25, -0.2) is 4.79 Å². The van der Waals surface area contributed by atoms with E-state index < -0.39 is 0 Å². The number of hydrogen-bond acceptors (Lipinski definition) is 2. The van der Waals surface area contributed by atoms with Gasteiger partial charge in [0.25, 0.3) is 0 Å². The molecule has 28 heavy (non-hydrogen) atoms. The summed E-state index contributed by atoms with van der Waals surface area (Å²) < 4.78 is 5.89. The second-order valence-electron chi connectivity index (χ2n) is 6.57. The highest BCUT2D eigenvalue weighted by Crippen LogP contribution is 2.23. The first kappa shape index (κ1) is 19.6. The molecule has 0 saturated carbocycles. The maximum absolute atomic E-state index is 11.2. The van der Waals surface area contributed by atoms with Gasteiger partial charge in [0.2, 0.25) is 0 Å².